The van der Waals surface area contributed by atoms with Crippen LogP contribution in [0, 0.1) is 30.5 Å². The van der Waals surface area contributed by atoms with Crippen LogP contribution >= 0.6 is 35.0 Å². The van der Waals surface area contributed by atoms with Crippen LogP contribution in [0.3, 0.4) is 0 Å². The van der Waals surface area contributed by atoms with Crippen molar-refractivity contribution in [1.29, 1.82) is 0 Å². The summed E-state index contributed by atoms with van der Waals surface area (Å²) < 4.78 is 21.2. The van der Waals surface area contributed by atoms with Crippen LogP contribution in [0.15, 0.2) is 41.3 Å². The number of hydrogen-bond donors (Lipinski definition) is 0. The Hall–Kier alpha value is -1.71. The number of carbonyl (C=O) groups excluding carboxylic acids is 1. The van der Waals surface area contributed by atoms with E-state index in [1.807, 2.05) is 30.3 Å². The average Bonchev–Trinajstić information content (AvgIpc) is 3.77. The molecule has 1 amide bonds. The van der Waals surface area contributed by atoms with Crippen LogP contribution in [0.1, 0.15) is 63.4 Å². The quantitative estimate of drug-likeness (QED) is 0.317. The molecule has 0 N–H and O–H groups in total. The SMILES string of the molecule is C#C.O=C(C1CC1)N(CC1CCCCC1)c1c(F)cc(C2(Sc3ccc(Cl)cc3)CCOCC2)cc1Cl. The Morgan fingerprint density at radius 1 is 1.03 bits per heavy atom. The third-order valence-corrected chi connectivity index (χ3v) is 9.68. The van der Waals surface area contributed by atoms with Gasteiger partial charge in [-0.3, -0.25) is 4.79 Å². The van der Waals surface area contributed by atoms with E-state index in [-0.39, 0.29) is 22.3 Å². The summed E-state index contributed by atoms with van der Waals surface area (Å²) in [5.74, 6) is 0.0419. The maximum Gasteiger partial charge on any atom is 0.230 e. The van der Waals surface area contributed by atoms with E-state index < -0.39 is 5.82 Å². The lowest BCUT2D eigenvalue weighted by molar-refractivity contribution is -0.120. The number of nitrogens with zero attached hydrogens (tertiary/aromatic N) is 1. The van der Waals surface area contributed by atoms with Crippen LogP contribution in [0.25, 0.3) is 0 Å². The molecule has 0 spiro atoms. The second-order valence-corrected chi connectivity index (χ2v) is 12.5. The van der Waals surface area contributed by atoms with Crippen molar-refractivity contribution < 1.29 is 13.9 Å². The van der Waals surface area contributed by atoms with E-state index in [0.29, 0.717) is 35.7 Å². The molecule has 0 radical (unpaired) electrons. The molecule has 1 heterocycles. The van der Waals surface area contributed by atoms with Gasteiger partial charge in [0.2, 0.25) is 5.91 Å². The molecular weight excluding hydrogens is 528 g/mol. The number of terminal acetylenes is 1. The maximum absolute atomic E-state index is 15.9. The second-order valence-electron chi connectivity index (χ2n) is 10.2. The Kier molecular flexibility index (Phi) is 9.86. The molecule has 37 heavy (non-hydrogen) atoms. The van der Waals surface area contributed by atoms with Gasteiger partial charge in [-0.1, -0.05) is 42.5 Å². The molecule has 7 heteroatoms. The molecule has 2 saturated carbocycles. The van der Waals surface area contributed by atoms with Gasteiger partial charge in [-0.15, -0.1) is 24.6 Å². The highest BCUT2D eigenvalue weighted by atomic mass is 35.5. The third kappa shape index (κ3) is 6.84. The number of hydrogen-bond acceptors (Lipinski definition) is 3. The fraction of sp³-hybridized carbons (Fsp3) is 0.500. The normalized spacial score (nSPS) is 19.5. The smallest absolute Gasteiger partial charge is 0.230 e. The maximum atomic E-state index is 15.9. The van der Waals surface area contributed by atoms with Crippen LogP contribution in [0.5, 0.6) is 0 Å². The van der Waals surface area contributed by atoms with Crippen LogP contribution in [0.4, 0.5) is 10.1 Å². The summed E-state index contributed by atoms with van der Waals surface area (Å²) >= 11 is 14.6. The van der Waals surface area contributed by atoms with E-state index >= 15 is 4.39 Å². The largest absolute Gasteiger partial charge is 0.381 e. The monoisotopic (exact) mass is 561 g/mol. The summed E-state index contributed by atoms with van der Waals surface area (Å²) in [4.78, 5) is 16.0. The molecule has 1 saturated heterocycles. The summed E-state index contributed by atoms with van der Waals surface area (Å²) in [6.07, 6.45) is 17.1. The fourth-order valence-corrected chi connectivity index (χ4v) is 7.20. The van der Waals surface area contributed by atoms with E-state index in [2.05, 4.69) is 12.8 Å². The van der Waals surface area contributed by atoms with Gasteiger partial charge in [-0.25, -0.2) is 4.39 Å². The molecule has 5 rings (SSSR count). The van der Waals surface area contributed by atoms with Crippen molar-refractivity contribution in [3.8, 4) is 12.8 Å². The first-order valence-electron chi connectivity index (χ1n) is 13.1. The first-order valence-corrected chi connectivity index (χ1v) is 14.7. The molecular formula is C30H34Cl2FNO2S. The molecule has 0 aromatic heterocycles. The van der Waals surface area contributed by atoms with E-state index in [1.165, 1.54) is 19.3 Å². The van der Waals surface area contributed by atoms with Crippen LogP contribution < -0.4 is 4.90 Å². The molecule has 3 fully saturated rings. The first kappa shape index (κ1) is 28.3. The predicted octanol–water partition coefficient (Wildman–Crippen LogP) is 8.50. The molecule has 2 aromatic rings. The Morgan fingerprint density at radius 3 is 2.27 bits per heavy atom. The first-order chi connectivity index (χ1) is 17.9. The van der Waals surface area contributed by atoms with Gasteiger partial charge in [0.15, 0.2) is 0 Å². The summed E-state index contributed by atoms with van der Waals surface area (Å²) in [5, 5.41) is 1.01. The molecule has 0 unspecified atom stereocenters. The lowest BCUT2D eigenvalue weighted by atomic mass is 9.88. The summed E-state index contributed by atoms with van der Waals surface area (Å²) in [6, 6.07) is 11.2. The van der Waals surface area contributed by atoms with Crippen molar-refractivity contribution in [2.45, 2.75) is 67.4 Å². The highest BCUT2D eigenvalue weighted by molar-refractivity contribution is 8.00. The number of carbonyl (C=O) groups is 1. The number of ether oxygens (including phenoxy) is 1. The van der Waals surface area contributed by atoms with Crippen LogP contribution in [-0.4, -0.2) is 25.7 Å². The molecule has 198 valence electrons. The van der Waals surface area contributed by atoms with Gasteiger partial charge >= 0.3 is 0 Å². The zero-order valence-corrected chi connectivity index (χ0v) is 23.4. The van der Waals surface area contributed by atoms with Crippen molar-refractivity contribution in [3.63, 3.8) is 0 Å². The van der Waals surface area contributed by atoms with Gasteiger partial charge in [0.25, 0.3) is 0 Å². The number of rotatable bonds is 7. The highest BCUT2D eigenvalue weighted by Crippen LogP contribution is 2.50. The number of anilines is 1. The van der Waals surface area contributed by atoms with E-state index in [0.717, 1.165) is 49.0 Å². The summed E-state index contributed by atoms with van der Waals surface area (Å²) in [5.41, 5.74) is 1.11. The Labute approximate surface area is 234 Å². The predicted molar refractivity (Wildman–Crippen MR) is 152 cm³/mol. The van der Waals surface area contributed by atoms with Crippen molar-refractivity contribution in [1.82, 2.24) is 0 Å². The second kappa shape index (κ2) is 12.9. The number of amides is 1. The molecule has 0 bridgehead atoms. The Balaban J connectivity index is 0.00000156. The molecule has 3 aliphatic rings. The zero-order valence-electron chi connectivity index (χ0n) is 21.1. The van der Waals surface area contributed by atoms with Crippen molar-refractivity contribution in [3.05, 3.63) is 57.8 Å². The average molecular weight is 563 g/mol. The highest BCUT2D eigenvalue weighted by Gasteiger charge is 2.40. The van der Waals surface area contributed by atoms with Crippen molar-refractivity contribution in [2.24, 2.45) is 11.8 Å². The van der Waals surface area contributed by atoms with Gasteiger partial charge < -0.3 is 9.64 Å². The molecule has 2 aromatic carbocycles. The topological polar surface area (TPSA) is 29.5 Å². The molecule has 2 aliphatic carbocycles. The number of halogens is 3. The minimum Gasteiger partial charge on any atom is -0.381 e. The number of benzene rings is 2. The van der Waals surface area contributed by atoms with E-state index in [1.54, 1.807) is 22.7 Å². The molecule has 0 atom stereocenters. The van der Waals surface area contributed by atoms with Crippen molar-refractivity contribution in [2.75, 3.05) is 24.7 Å². The van der Waals surface area contributed by atoms with Crippen molar-refractivity contribution >= 4 is 46.6 Å². The van der Waals surface area contributed by atoms with E-state index in [4.69, 9.17) is 27.9 Å². The number of thioether (sulfide) groups is 1. The van der Waals surface area contributed by atoms with Gasteiger partial charge in [-0.2, -0.15) is 0 Å². The van der Waals surface area contributed by atoms with Gasteiger partial charge in [0, 0.05) is 35.6 Å². The fourth-order valence-electron chi connectivity index (χ4n) is 5.44. The minimum atomic E-state index is -0.403. The van der Waals surface area contributed by atoms with Gasteiger partial charge in [-0.05, 0) is 86.4 Å². The minimum absolute atomic E-state index is 0.0102. The molecule has 1 aliphatic heterocycles. The Morgan fingerprint density at radius 2 is 1.68 bits per heavy atom. The Bertz CT molecular complexity index is 1070. The van der Waals surface area contributed by atoms with E-state index in [9.17, 15) is 4.79 Å². The third-order valence-electron chi connectivity index (χ3n) is 7.60. The van der Waals surface area contributed by atoms with Gasteiger partial charge in [0.05, 0.1) is 15.5 Å². The summed E-state index contributed by atoms with van der Waals surface area (Å²) in [7, 11) is 0. The standard InChI is InChI=1S/C28H32Cl2FNO2S.C2H2/c29-22-8-10-23(11-9-22)35-28(12-14-34-15-13-28)21-16-24(30)26(25(31)17-21)32(27(33)20-6-7-20)18-19-4-2-1-3-5-19;1-2/h8-11,16-17,19-20H,1-7,12-15,18H2;1-2H. The zero-order chi connectivity index (χ0) is 26.4. The van der Waals surface area contributed by atoms with Crippen LogP contribution in [0.2, 0.25) is 10.0 Å². The lowest BCUT2D eigenvalue weighted by Crippen LogP contribution is -2.38. The van der Waals surface area contributed by atoms with Gasteiger partial charge in [0.1, 0.15) is 5.82 Å². The molecule has 3 nitrogen and oxygen atoms in total. The van der Waals surface area contributed by atoms with Crippen LogP contribution in [-0.2, 0) is 14.3 Å². The summed E-state index contributed by atoms with van der Waals surface area (Å²) in [6.45, 7) is 1.77. The lowest BCUT2D eigenvalue weighted by Gasteiger charge is -2.38.